The van der Waals surface area contributed by atoms with Gasteiger partial charge in [-0.15, -0.1) is 0 Å². The summed E-state index contributed by atoms with van der Waals surface area (Å²) in [6.07, 6.45) is -11.9. The van der Waals surface area contributed by atoms with E-state index in [1.54, 1.807) is 0 Å². The van der Waals surface area contributed by atoms with Crippen LogP contribution < -0.4 is 0 Å². The molecule has 0 aliphatic heterocycles. The van der Waals surface area contributed by atoms with E-state index in [2.05, 4.69) is 0 Å². The number of hydrogen-bond acceptors (Lipinski definition) is 4. The molecule has 0 rings (SSSR count). The highest BCUT2D eigenvalue weighted by Gasteiger charge is 2.58. The molecule has 0 fully saturated rings. The normalized spacial score (nSPS) is 15.0. The quantitative estimate of drug-likeness (QED) is 0.425. The molecule has 17 heteroatoms. The van der Waals surface area contributed by atoms with Gasteiger partial charge in [0.2, 0.25) is 0 Å². The van der Waals surface area contributed by atoms with Crippen LogP contribution in [0.1, 0.15) is 0 Å². The van der Waals surface area contributed by atoms with Crippen LogP contribution in [0.5, 0.6) is 0 Å². The summed E-state index contributed by atoms with van der Waals surface area (Å²) in [5.41, 5.74) is 0. The van der Waals surface area contributed by atoms with Crippen LogP contribution in [0.25, 0.3) is 0 Å². The molecule has 0 aliphatic rings. The summed E-state index contributed by atoms with van der Waals surface area (Å²) in [5, 5.41) is -10.5. The van der Waals surface area contributed by atoms with Crippen molar-refractivity contribution in [3.8, 4) is 0 Å². The highest BCUT2D eigenvalue weighted by Crippen LogP contribution is 2.45. The molecular formula is C8H9F10NO3S3. The molecule has 0 heterocycles. The van der Waals surface area contributed by atoms with E-state index < -0.39 is 81.3 Å². The van der Waals surface area contributed by atoms with E-state index in [0.717, 1.165) is 0 Å². The molecule has 0 aromatic carbocycles. The summed E-state index contributed by atoms with van der Waals surface area (Å²) in [4.78, 5) is 0. The minimum atomic E-state index is -5.94. The van der Waals surface area contributed by atoms with Gasteiger partial charge in [0.1, 0.15) is 0 Å². The number of alkyl halides is 10. The Kier molecular flexibility index (Phi) is 8.22. The molecule has 25 heavy (non-hydrogen) atoms. The van der Waals surface area contributed by atoms with E-state index in [4.69, 9.17) is 4.55 Å². The highest BCUT2D eigenvalue weighted by molar-refractivity contribution is 8.00. The van der Waals surface area contributed by atoms with Gasteiger partial charge in [0, 0.05) is 24.6 Å². The fraction of sp³-hybridized carbons (Fsp3) is 1.00. The van der Waals surface area contributed by atoms with Gasteiger partial charge in [0.05, 0.1) is 0 Å². The van der Waals surface area contributed by atoms with Crippen LogP contribution in [-0.2, 0) is 10.3 Å². The van der Waals surface area contributed by atoms with E-state index in [1.165, 1.54) is 0 Å². The van der Waals surface area contributed by atoms with Crippen LogP contribution in [0.15, 0.2) is 0 Å². The number of halogens is 10. The molecule has 0 aromatic rings. The maximum Gasteiger partial charge on any atom is 0.464 e. The summed E-state index contributed by atoms with van der Waals surface area (Å²) < 4.78 is 152. The van der Waals surface area contributed by atoms with Crippen molar-refractivity contribution in [3.63, 3.8) is 0 Å². The van der Waals surface area contributed by atoms with Crippen molar-refractivity contribution in [2.24, 2.45) is 0 Å². The predicted molar refractivity (Wildman–Crippen MR) is 70.0 cm³/mol. The Morgan fingerprint density at radius 2 is 1.00 bits per heavy atom. The SMILES string of the molecule is O=S(=O)(O)N(CCSC(F)(F)C(F)(F)F)CCSC(F)(F)C(F)(F)F. The van der Waals surface area contributed by atoms with Gasteiger partial charge in [-0.05, 0) is 0 Å². The second kappa shape index (κ2) is 8.26. The van der Waals surface area contributed by atoms with Gasteiger partial charge in [-0.2, -0.15) is 56.6 Å². The van der Waals surface area contributed by atoms with E-state index in [-0.39, 0.29) is 4.31 Å². The van der Waals surface area contributed by atoms with E-state index in [9.17, 15) is 52.3 Å². The first-order valence-electron chi connectivity index (χ1n) is 5.71. The maximum absolute atomic E-state index is 12.6. The van der Waals surface area contributed by atoms with Gasteiger partial charge in [-0.3, -0.25) is 4.55 Å². The zero-order valence-corrected chi connectivity index (χ0v) is 14.0. The van der Waals surface area contributed by atoms with E-state index >= 15 is 0 Å². The van der Waals surface area contributed by atoms with Crippen LogP contribution in [0.4, 0.5) is 43.9 Å². The van der Waals surface area contributed by atoms with Crippen molar-refractivity contribution in [2.45, 2.75) is 22.9 Å². The molecule has 1 N–H and O–H groups in total. The Morgan fingerprint density at radius 1 is 0.720 bits per heavy atom. The monoisotopic (exact) mass is 453 g/mol. The van der Waals surface area contributed by atoms with E-state index in [1.807, 2.05) is 0 Å². The van der Waals surface area contributed by atoms with Crippen molar-refractivity contribution in [3.05, 3.63) is 0 Å². The second-order valence-electron chi connectivity index (χ2n) is 4.10. The summed E-state index contributed by atoms with van der Waals surface area (Å²) >= 11 is -2.07. The van der Waals surface area contributed by atoms with Crippen molar-refractivity contribution in [1.82, 2.24) is 4.31 Å². The first kappa shape index (κ1) is 24.9. The van der Waals surface area contributed by atoms with Gasteiger partial charge in [-0.1, -0.05) is 23.5 Å². The van der Waals surface area contributed by atoms with Gasteiger partial charge < -0.3 is 0 Å². The lowest BCUT2D eigenvalue weighted by Crippen LogP contribution is -2.38. The number of nitrogens with zero attached hydrogens (tertiary/aromatic N) is 1. The molecule has 0 saturated heterocycles. The lowest BCUT2D eigenvalue weighted by Gasteiger charge is -2.23. The second-order valence-corrected chi connectivity index (χ2v) is 7.93. The zero-order valence-electron chi connectivity index (χ0n) is 11.5. The van der Waals surface area contributed by atoms with Crippen LogP contribution in [0.2, 0.25) is 0 Å². The molecule has 0 saturated carbocycles. The van der Waals surface area contributed by atoms with Gasteiger partial charge >= 0.3 is 33.2 Å². The maximum atomic E-state index is 12.6. The highest BCUT2D eigenvalue weighted by atomic mass is 32.2. The molecule has 0 bridgehead atoms. The Bertz CT molecular complexity index is 501. The van der Waals surface area contributed by atoms with E-state index in [0.29, 0.717) is 0 Å². The molecule has 0 aliphatic carbocycles. The molecule has 152 valence electrons. The molecule has 0 atom stereocenters. The van der Waals surface area contributed by atoms with Crippen molar-refractivity contribution in [1.29, 1.82) is 0 Å². The Labute approximate surface area is 143 Å². The van der Waals surface area contributed by atoms with Crippen molar-refractivity contribution in [2.75, 3.05) is 24.6 Å². The zero-order chi connectivity index (χ0) is 20.3. The minimum Gasteiger partial charge on any atom is -0.273 e. The van der Waals surface area contributed by atoms with Crippen LogP contribution in [0, 0.1) is 0 Å². The van der Waals surface area contributed by atoms with Crippen LogP contribution in [0.3, 0.4) is 0 Å². The number of rotatable bonds is 9. The third-order valence-corrected chi connectivity index (χ3v) is 5.21. The standard InChI is InChI=1S/C8H9F10NO3S3/c9-5(10,11)7(15,16)23-3-1-19(25(20,21)22)2-4-24-8(17,18)6(12,13)14/h1-4H2,(H,20,21,22). The largest absolute Gasteiger partial charge is 0.464 e. The summed E-state index contributed by atoms with van der Waals surface area (Å²) in [6.45, 7) is -2.35. The third kappa shape index (κ3) is 7.96. The molecule has 0 spiro atoms. The van der Waals surface area contributed by atoms with Gasteiger partial charge in [-0.25, -0.2) is 0 Å². The molecule has 0 aromatic heterocycles. The average Bonchev–Trinajstić information content (AvgIpc) is 2.32. The minimum absolute atomic E-state index is 0.202. The first-order valence-corrected chi connectivity index (χ1v) is 9.07. The van der Waals surface area contributed by atoms with Gasteiger partial charge in [0.15, 0.2) is 0 Å². The van der Waals surface area contributed by atoms with Crippen molar-refractivity contribution >= 4 is 33.8 Å². The Morgan fingerprint density at radius 3 is 1.20 bits per heavy atom. The number of hydrogen-bond donors (Lipinski definition) is 1. The molecule has 4 nitrogen and oxygen atoms in total. The van der Waals surface area contributed by atoms with Crippen molar-refractivity contribution < 1.29 is 56.9 Å². The van der Waals surface area contributed by atoms with Crippen LogP contribution in [-0.4, -0.2) is 64.7 Å². The third-order valence-electron chi connectivity index (χ3n) is 2.23. The van der Waals surface area contributed by atoms with Gasteiger partial charge in [0.25, 0.3) is 0 Å². The summed E-state index contributed by atoms with van der Waals surface area (Å²) in [5.74, 6) is -2.43. The molecule has 0 unspecified atom stereocenters. The fourth-order valence-electron chi connectivity index (χ4n) is 1.06. The predicted octanol–water partition coefficient (Wildman–Crippen LogP) is 3.87. The average molecular weight is 453 g/mol. The smallest absolute Gasteiger partial charge is 0.273 e. The van der Waals surface area contributed by atoms with Crippen LogP contribution >= 0.6 is 23.5 Å². The molecular weight excluding hydrogens is 444 g/mol. The lowest BCUT2D eigenvalue weighted by molar-refractivity contribution is -0.237. The number of thioether (sulfide) groups is 2. The molecule has 0 amide bonds. The first-order chi connectivity index (χ1) is 10.8. The topological polar surface area (TPSA) is 57.6 Å². The molecule has 0 radical (unpaired) electrons. The fourth-order valence-corrected chi connectivity index (χ4v) is 3.40. The Balaban J connectivity index is 4.71. The summed E-state index contributed by atoms with van der Waals surface area (Å²) in [6, 6.07) is 0. The Hall–Kier alpha value is -0.130. The lowest BCUT2D eigenvalue weighted by atomic mass is 10.6. The summed E-state index contributed by atoms with van der Waals surface area (Å²) in [7, 11) is -5.22.